The van der Waals surface area contributed by atoms with Crippen molar-refractivity contribution in [3.63, 3.8) is 0 Å². The lowest BCUT2D eigenvalue weighted by atomic mass is 10.1. The fraction of sp³-hybridized carbons (Fsp3) is 0.364. The smallest absolute Gasteiger partial charge is 0.224 e. The van der Waals surface area contributed by atoms with E-state index < -0.39 is 0 Å². The molecule has 31 heavy (non-hydrogen) atoms. The Hall–Kier alpha value is -3.62. The van der Waals surface area contributed by atoms with Crippen molar-refractivity contribution in [3.05, 3.63) is 42.0 Å². The van der Waals surface area contributed by atoms with Gasteiger partial charge < -0.3 is 19.5 Å². The molecule has 1 aliphatic carbocycles. The van der Waals surface area contributed by atoms with E-state index in [1.807, 2.05) is 41.1 Å². The van der Waals surface area contributed by atoms with Gasteiger partial charge in [0.15, 0.2) is 17.3 Å². The number of carbonyl (C=O) groups excluding carboxylic acids is 1. The van der Waals surface area contributed by atoms with Gasteiger partial charge in [0.2, 0.25) is 11.7 Å². The summed E-state index contributed by atoms with van der Waals surface area (Å²) in [6.45, 7) is 0. The topological polar surface area (TPSA) is 100 Å². The number of benzene rings is 2. The monoisotopic (exact) mass is 423 g/mol. The summed E-state index contributed by atoms with van der Waals surface area (Å²) in [6.07, 6.45) is 3.02. The zero-order valence-corrected chi connectivity index (χ0v) is 17.8. The molecule has 0 spiro atoms. The van der Waals surface area contributed by atoms with Crippen LogP contribution in [0.1, 0.15) is 30.9 Å². The first-order chi connectivity index (χ1) is 15.1. The highest BCUT2D eigenvalue weighted by Crippen LogP contribution is 2.39. The Balaban J connectivity index is 1.42. The Kier molecular flexibility index (Phi) is 6.01. The first-order valence-electron chi connectivity index (χ1n) is 10.1. The minimum atomic E-state index is -0.0901. The molecule has 1 heterocycles. The van der Waals surface area contributed by atoms with Gasteiger partial charge in [0.05, 0.1) is 27.4 Å². The van der Waals surface area contributed by atoms with Crippen LogP contribution >= 0.6 is 0 Å². The van der Waals surface area contributed by atoms with Crippen LogP contribution in [0.3, 0.4) is 0 Å². The van der Waals surface area contributed by atoms with Gasteiger partial charge in [-0.15, -0.1) is 5.10 Å². The number of hydrogen-bond donors (Lipinski definition) is 1. The van der Waals surface area contributed by atoms with Crippen LogP contribution in [-0.2, 0) is 11.2 Å². The molecule has 1 amide bonds. The highest BCUT2D eigenvalue weighted by molar-refractivity contribution is 5.91. The molecule has 1 aliphatic rings. The van der Waals surface area contributed by atoms with Crippen molar-refractivity contribution in [2.45, 2.75) is 31.7 Å². The maximum Gasteiger partial charge on any atom is 0.224 e. The van der Waals surface area contributed by atoms with Crippen LogP contribution in [0, 0.1) is 0 Å². The third-order valence-electron chi connectivity index (χ3n) is 5.16. The number of aromatic nitrogens is 4. The third-order valence-corrected chi connectivity index (χ3v) is 5.16. The average Bonchev–Trinajstić information content (AvgIpc) is 3.52. The maximum atomic E-state index is 12.6. The molecule has 1 saturated carbocycles. The fourth-order valence-corrected chi connectivity index (χ4v) is 3.45. The summed E-state index contributed by atoms with van der Waals surface area (Å²) < 4.78 is 17.9. The van der Waals surface area contributed by atoms with Gasteiger partial charge in [-0.1, -0.05) is 12.1 Å². The number of anilines is 1. The first kappa shape index (κ1) is 20.6. The lowest BCUT2D eigenvalue weighted by Gasteiger charge is -2.14. The molecule has 0 unspecified atom stereocenters. The molecule has 0 saturated heterocycles. The molecule has 0 atom stereocenters. The van der Waals surface area contributed by atoms with E-state index in [9.17, 15) is 4.79 Å². The second-order valence-corrected chi connectivity index (χ2v) is 7.34. The molecule has 1 fully saturated rings. The number of aryl methyl sites for hydroxylation is 1. The first-order valence-corrected chi connectivity index (χ1v) is 10.1. The largest absolute Gasteiger partial charge is 0.493 e. The average molecular weight is 423 g/mol. The molecule has 3 aromatic rings. The molecule has 2 aromatic carbocycles. The predicted molar refractivity (Wildman–Crippen MR) is 115 cm³/mol. The maximum absolute atomic E-state index is 12.6. The zero-order valence-electron chi connectivity index (χ0n) is 17.8. The number of rotatable bonds is 9. The lowest BCUT2D eigenvalue weighted by Crippen LogP contribution is -2.12. The van der Waals surface area contributed by atoms with E-state index in [0.29, 0.717) is 41.8 Å². The molecule has 1 N–H and O–H groups in total. The van der Waals surface area contributed by atoms with Crippen molar-refractivity contribution in [3.8, 4) is 28.6 Å². The molecule has 4 rings (SSSR count). The summed E-state index contributed by atoms with van der Waals surface area (Å²) in [7, 11) is 4.70. The van der Waals surface area contributed by atoms with Gasteiger partial charge in [-0.05, 0) is 59.5 Å². The second kappa shape index (κ2) is 9.03. The summed E-state index contributed by atoms with van der Waals surface area (Å²) in [6, 6.07) is 11.7. The summed E-state index contributed by atoms with van der Waals surface area (Å²) in [5.41, 5.74) is 2.50. The van der Waals surface area contributed by atoms with Gasteiger partial charge in [-0.2, -0.15) is 0 Å². The minimum absolute atomic E-state index is 0.0901. The molecule has 9 nitrogen and oxygen atoms in total. The minimum Gasteiger partial charge on any atom is -0.493 e. The van der Waals surface area contributed by atoms with E-state index in [-0.39, 0.29) is 5.91 Å². The summed E-state index contributed by atoms with van der Waals surface area (Å²) >= 11 is 0. The summed E-state index contributed by atoms with van der Waals surface area (Å²) in [4.78, 5) is 12.6. The zero-order chi connectivity index (χ0) is 21.8. The van der Waals surface area contributed by atoms with Gasteiger partial charge in [0.1, 0.15) is 0 Å². The molecule has 0 aliphatic heterocycles. The van der Waals surface area contributed by atoms with Crippen molar-refractivity contribution < 1.29 is 19.0 Å². The molecule has 162 valence electrons. The van der Waals surface area contributed by atoms with Gasteiger partial charge in [0.25, 0.3) is 0 Å². The standard InChI is InChI=1S/C22H25N5O4/c1-29-18-11-14(12-19(30-2)21(18)31-3)7-10-20(28)23-16-6-4-5-15(13-16)22-24-25-26-27(22)17-8-9-17/h4-6,11-13,17H,7-10H2,1-3H3,(H,23,28). The van der Waals surface area contributed by atoms with Crippen LogP contribution in [0.25, 0.3) is 11.4 Å². The van der Waals surface area contributed by atoms with Crippen LogP contribution < -0.4 is 19.5 Å². The van der Waals surface area contributed by atoms with Crippen molar-refractivity contribution in [2.24, 2.45) is 0 Å². The second-order valence-electron chi connectivity index (χ2n) is 7.34. The van der Waals surface area contributed by atoms with E-state index in [0.717, 1.165) is 29.8 Å². The number of amides is 1. The van der Waals surface area contributed by atoms with E-state index >= 15 is 0 Å². The summed E-state index contributed by atoms with van der Waals surface area (Å²) in [5.74, 6) is 2.30. The van der Waals surface area contributed by atoms with Crippen LogP contribution in [0.5, 0.6) is 17.2 Å². The lowest BCUT2D eigenvalue weighted by molar-refractivity contribution is -0.116. The van der Waals surface area contributed by atoms with Crippen LogP contribution in [-0.4, -0.2) is 47.4 Å². The van der Waals surface area contributed by atoms with Gasteiger partial charge in [-0.25, -0.2) is 4.68 Å². The Morgan fingerprint density at radius 1 is 1.10 bits per heavy atom. The normalized spacial score (nSPS) is 13.0. The third kappa shape index (κ3) is 4.60. The number of nitrogens with zero attached hydrogens (tertiary/aromatic N) is 4. The molecule has 0 bridgehead atoms. The number of carbonyl (C=O) groups is 1. The highest BCUT2D eigenvalue weighted by atomic mass is 16.5. The van der Waals surface area contributed by atoms with Crippen molar-refractivity contribution in [1.29, 1.82) is 0 Å². The van der Waals surface area contributed by atoms with Crippen molar-refractivity contribution in [2.75, 3.05) is 26.6 Å². The molecule has 0 radical (unpaired) electrons. The van der Waals surface area contributed by atoms with Gasteiger partial charge in [-0.3, -0.25) is 4.79 Å². The number of hydrogen-bond acceptors (Lipinski definition) is 7. The Bertz CT molecular complexity index is 1050. The predicted octanol–water partition coefficient (Wildman–Crippen LogP) is 3.27. The van der Waals surface area contributed by atoms with Crippen molar-refractivity contribution in [1.82, 2.24) is 20.2 Å². The number of tetrazole rings is 1. The van der Waals surface area contributed by atoms with E-state index in [4.69, 9.17) is 14.2 Å². The van der Waals surface area contributed by atoms with E-state index in [2.05, 4.69) is 20.8 Å². The SMILES string of the molecule is COc1cc(CCC(=O)Nc2cccc(-c3nnnn3C3CC3)c2)cc(OC)c1OC. The highest BCUT2D eigenvalue weighted by Gasteiger charge is 2.28. The van der Waals surface area contributed by atoms with Crippen LogP contribution in [0.15, 0.2) is 36.4 Å². The Morgan fingerprint density at radius 2 is 1.84 bits per heavy atom. The Labute approximate surface area is 180 Å². The Morgan fingerprint density at radius 3 is 2.48 bits per heavy atom. The fourth-order valence-electron chi connectivity index (χ4n) is 3.45. The number of ether oxygens (including phenoxy) is 3. The molecular weight excluding hydrogens is 398 g/mol. The molecule has 9 heteroatoms. The van der Waals surface area contributed by atoms with E-state index in [1.54, 1.807) is 21.3 Å². The van der Waals surface area contributed by atoms with E-state index in [1.165, 1.54) is 0 Å². The van der Waals surface area contributed by atoms with Crippen LogP contribution in [0.2, 0.25) is 0 Å². The van der Waals surface area contributed by atoms with Gasteiger partial charge >= 0.3 is 0 Å². The van der Waals surface area contributed by atoms with Crippen LogP contribution in [0.4, 0.5) is 5.69 Å². The van der Waals surface area contributed by atoms with Gasteiger partial charge in [0, 0.05) is 17.7 Å². The summed E-state index contributed by atoms with van der Waals surface area (Å²) in [5, 5.41) is 15.0. The quantitative estimate of drug-likeness (QED) is 0.564. The number of nitrogens with one attached hydrogen (secondary N) is 1. The number of methoxy groups -OCH3 is 3. The molecular formula is C22H25N5O4. The molecule has 1 aromatic heterocycles. The van der Waals surface area contributed by atoms with Crippen molar-refractivity contribution >= 4 is 11.6 Å².